The standard InChI is InChI=1S/C8H8BrF/c1-6-2-3-7(5-9)4-8(6)10/h2-4H,5H2,1H3/i5D. The van der Waals surface area contributed by atoms with Crippen LogP contribution >= 0.6 is 15.9 Å². The Labute approximate surface area is 69.6 Å². The van der Waals surface area contributed by atoms with Crippen molar-refractivity contribution in [1.29, 1.82) is 0 Å². The second-order valence-corrected chi connectivity index (χ2v) is 2.58. The van der Waals surface area contributed by atoms with Gasteiger partial charge >= 0.3 is 0 Å². The number of aryl methyl sites for hydroxylation is 1. The predicted molar refractivity (Wildman–Crippen MR) is 43.8 cm³/mol. The molecular formula is C8H8BrF. The first-order valence-corrected chi connectivity index (χ1v) is 3.85. The first-order valence-electron chi connectivity index (χ1n) is 3.51. The quantitative estimate of drug-likeness (QED) is 0.616. The number of hydrogen-bond donors (Lipinski definition) is 0. The highest BCUT2D eigenvalue weighted by Gasteiger charge is 1.96. The number of benzene rings is 1. The lowest BCUT2D eigenvalue weighted by Gasteiger charge is -1.97. The minimum atomic E-state index is -0.530. The maximum Gasteiger partial charge on any atom is 0.126 e. The second kappa shape index (κ2) is 3.15. The smallest absolute Gasteiger partial charge is 0.126 e. The highest BCUT2D eigenvalue weighted by atomic mass is 79.9. The summed E-state index contributed by atoms with van der Waals surface area (Å²) >= 11 is 3.04. The van der Waals surface area contributed by atoms with Gasteiger partial charge in [-0.25, -0.2) is 4.39 Å². The molecule has 0 saturated carbocycles. The van der Waals surface area contributed by atoms with Crippen LogP contribution in [0.15, 0.2) is 18.2 Å². The average Bonchev–Trinajstić information content (AvgIpc) is 1.94. The number of halogens is 2. The van der Waals surface area contributed by atoms with Crippen LogP contribution in [0.4, 0.5) is 4.39 Å². The van der Waals surface area contributed by atoms with Crippen LogP contribution in [0.3, 0.4) is 0 Å². The number of rotatable bonds is 1. The fraction of sp³-hybridized carbons (Fsp3) is 0.250. The molecule has 0 bridgehead atoms. The van der Waals surface area contributed by atoms with E-state index in [0.717, 1.165) is 0 Å². The van der Waals surface area contributed by atoms with Crippen molar-refractivity contribution >= 4 is 15.9 Å². The zero-order valence-electron chi connectivity index (χ0n) is 6.57. The zero-order chi connectivity index (χ0) is 8.43. The Hall–Kier alpha value is -0.370. The van der Waals surface area contributed by atoms with E-state index >= 15 is 0 Å². The summed E-state index contributed by atoms with van der Waals surface area (Å²) in [6.07, 6.45) is 0. The van der Waals surface area contributed by atoms with Gasteiger partial charge < -0.3 is 0 Å². The summed E-state index contributed by atoms with van der Waals surface area (Å²) in [6, 6.07) is 4.79. The van der Waals surface area contributed by atoms with Gasteiger partial charge in [0, 0.05) is 6.68 Å². The van der Waals surface area contributed by atoms with Crippen LogP contribution in [0.2, 0.25) is 0 Å². The first-order chi connectivity index (χ1) is 5.11. The molecule has 54 valence electrons. The fourth-order valence-electron chi connectivity index (χ4n) is 0.677. The van der Waals surface area contributed by atoms with Crippen LogP contribution in [0, 0.1) is 12.7 Å². The topological polar surface area (TPSA) is 0 Å². The van der Waals surface area contributed by atoms with E-state index in [0.29, 0.717) is 11.1 Å². The summed E-state index contributed by atoms with van der Waals surface area (Å²) in [5.41, 5.74) is 1.26. The molecular weight excluding hydrogens is 195 g/mol. The summed E-state index contributed by atoms with van der Waals surface area (Å²) in [4.78, 5) is 0. The van der Waals surface area contributed by atoms with Gasteiger partial charge in [0.1, 0.15) is 5.82 Å². The Morgan fingerprint density at radius 2 is 2.40 bits per heavy atom. The third-order valence-electron chi connectivity index (χ3n) is 1.32. The molecule has 1 atom stereocenters. The Kier molecular flexibility index (Phi) is 2.00. The van der Waals surface area contributed by atoms with Crippen molar-refractivity contribution in [2.24, 2.45) is 0 Å². The summed E-state index contributed by atoms with van der Waals surface area (Å²) in [5.74, 6) is -0.251. The van der Waals surface area contributed by atoms with Gasteiger partial charge in [-0.05, 0) is 24.1 Å². The Morgan fingerprint density at radius 1 is 1.70 bits per heavy atom. The molecule has 1 aromatic rings. The Balaban J connectivity index is 3.05. The van der Waals surface area contributed by atoms with Crippen LogP contribution in [-0.2, 0) is 5.31 Å². The summed E-state index contributed by atoms with van der Waals surface area (Å²) in [5, 5.41) is -0.530. The lowest BCUT2D eigenvalue weighted by atomic mass is 10.2. The average molecular weight is 204 g/mol. The molecule has 1 unspecified atom stereocenters. The molecule has 1 aromatic carbocycles. The molecule has 10 heavy (non-hydrogen) atoms. The molecule has 0 spiro atoms. The van der Waals surface area contributed by atoms with Gasteiger partial charge in [0.2, 0.25) is 0 Å². The molecule has 0 aliphatic carbocycles. The van der Waals surface area contributed by atoms with Crippen molar-refractivity contribution in [3.63, 3.8) is 0 Å². The third kappa shape index (κ3) is 1.57. The molecule has 0 aromatic heterocycles. The van der Waals surface area contributed by atoms with Crippen LogP contribution in [-0.4, -0.2) is 0 Å². The van der Waals surface area contributed by atoms with Gasteiger partial charge in [0.05, 0.1) is 0 Å². The number of hydrogen-bond acceptors (Lipinski definition) is 0. The van der Waals surface area contributed by atoms with Crippen LogP contribution in [0.1, 0.15) is 12.5 Å². The molecule has 0 saturated heterocycles. The van der Waals surface area contributed by atoms with E-state index < -0.39 is 5.31 Å². The van der Waals surface area contributed by atoms with Gasteiger partial charge in [-0.2, -0.15) is 0 Å². The molecule has 0 radical (unpaired) electrons. The summed E-state index contributed by atoms with van der Waals surface area (Å²) in [6.45, 7) is 1.70. The van der Waals surface area contributed by atoms with Gasteiger partial charge in [-0.1, -0.05) is 28.1 Å². The van der Waals surface area contributed by atoms with E-state index in [-0.39, 0.29) is 5.82 Å². The molecule has 2 heteroatoms. The molecule has 0 nitrogen and oxygen atoms in total. The molecule has 0 N–H and O–H groups in total. The largest absolute Gasteiger partial charge is 0.207 e. The fourth-order valence-corrected chi connectivity index (χ4v) is 0.962. The van der Waals surface area contributed by atoms with Crippen LogP contribution < -0.4 is 0 Å². The second-order valence-electron chi connectivity index (χ2n) is 2.12. The minimum absolute atomic E-state index is 0.251. The highest BCUT2D eigenvalue weighted by Crippen LogP contribution is 2.11. The van der Waals surface area contributed by atoms with Crippen molar-refractivity contribution in [3.8, 4) is 0 Å². The van der Waals surface area contributed by atoms with Gasteiger partial charge in [-0.15, -0.1) is 0 Å². The van der Waals surface area contributed by atoms with E-state index in [1.165, 1.54) is 6.07 Å². The lowest BCUT2D eigenvalue weighted by molar-refractivity contribution is 0.617. The Bertz CT molecular complexity index is 260. The van der Waals surface area contributed by atoms with Crippen molar-refractivity contribution in [2.75, 3.05) is 0 Å². The van der Waals surface area contributed by atoms with Gasteiger partial charge in [-0.3, -0.25) is 0 Å². The van der Waals surface area contributed by atoms with E-state index in [2.05, 4.69) is 15.9 Å². The molecule has 1 rings (SSSR count). The third-order valence-corrected chi connectivity index (χ3v) is 1.85. The number of alkyl halides is 1. The SMILES string of the molecule is [2H]C(Br)c1ccc(C)c(F)c1. The van der Waals surface area contributed by atoms with E-state index in [1.807, 2.05) is 0 Å². The van der Waals surface area contributed by atoms with Crippen LogP contribution in [0.25, 0.3) is 0 Å². The van der Waals surface area contributed by atoms with Gasteiger partial charge in [0.25, 0.3) is 0 Å². The minimum Gasteiger partial charge on any atom is -0.207 e. The van der Waals surface area contributed by atoms with Crippen molar-refractivity contribution in [3.05, 3.63) is 35.1 Å². The van der Waals surface area contributed by atoms with E-state index in [9.17, 15) is 4.39 Å². The normalized spacial score (nSPS) is 14.5. The van der Waals surface area contributed by atoms with Crippen molar-refractivity contribution in [2.45, 2.75) is 12.2 Å². The summed E-state index contributed by atoms with van der Waals surface area (Å²) < 4.78 is 20.1. The summed E-state index contributed by atoms with van der Waals surface area (Å²) in [7, 11) is 0. The monoisotopic (exact) mass is 203 g/mol. The molecule has 0 aliphatic heterocycles. The van der Waals surface area contributed by atoms with E-state index in [4.69, 9.17) is 1.37 Å². The van der Waals surface area contributed by atoms with Gasteiger partial charge in [0.15, 0.2) is 0 Å². The lowest BCUT2D eigenvalue weighted by Crippen LogP contribution is -1.84. The highest BCUT2D eigenvalue weighted by molar-refractivity contribution is 9.08. The van der Waals surface area contributed by atoms with Crippen molar-refractivity contribution in [1.82, 2.24) is 0 Å². The van der Waals surface area contributed by atoms with Crippen LogP contribution in [0.5, 0.6) is 0 Å². The zero-order valence-corrected chi connectivity index (χ0v) is 7.15. The Morgan fingerprint density at radius 3 is 2.90 bits per heavy atom. The predicted octanol–water partition coefficient (Wildman–Crippen LogP) is 3.03. The maximum absolute atomic E-state index is 12.8. The molecule has 0 heterocycles. The molecule has 0 aliphatic rings. The maximum atomic E-state index is 12.8. The molecule has 0 amide bonds. The molecule has 0 fully saturated rings. The van der Waals surface area contributed by atoms with Crippen molar-refractivity contribution < 1.29 is 5.76 Å². The first kappa shape index (κ1) is 6.35. The van der Waals surface area contributed by atoms with E-state index in [1.54, 1.807) is 19.1 Å².